The molecule has 0 spiro atoms. The molecule has 3 aromatic rings. The Kier molecular flexibility index (Phi) is 8.38. The van der Waals surface area contributed by atoms with Crippen molar-refractivity contribution in [3.05, 3.63) is 90.5 Å². The fourth-order valence-corrected chi connectivity index (χ4v) is 4.18. The van der Waals surface area contributed by atoms with Crippen LogP contribution in [0, 0.1) is 5.92 Å². The van der Waals surface area contributed by atoms with Gasteiger partial charge in [0.25, 0.3) is 5.91 Å². The van der Waals surface area contributed by atoms with Gasteiger partial charge >= 0.3 is 0 Å². The lowest BCUT2D eigenvalue weighted by molar-refractivity contribution is 0.0791. The molecule has 1 heterocycles. The summed E-state index contributed by atoms with van der Waals surface area (Å²) in [6.07, 6.45) is 0.951. The van der Waals surface area contributed by atoms with Crippen LogP contribution in [0.2, 0.25) is 0 Å². The summed E-state index contributed by atoms with van der Waals surface area (Å²) >= 11 is 1.24. The van der Waals surface area contributed by atoms with E-state index in [2.05, 4.69) is 47.2 Å². The molecule has 7 heteroatoms. The Hall–Kier alpha value is -2.84. The molecule has 1 fully saturated rings. The number of ether oxygens (including phenoxy) is 1. The molecule has 0 aromatic heterocycles. The highest BCUT2D eigenvalue weighted by Gasteiger charge is 2.25. The summed E-state index contributed by atoms with van der Waals surface area (Å²) in [5.41, 5.74) is 7.10. The zero-order valence-corrected chi connectivity index (χ0v) is 19.5. The molecular weight excluding hydrogens is 434 g/mol. The number of nitrogens with zero attached hydrogens (tertiary/aromatic N) is 1. The van der Waals surface area contributed by atoms with Crippen molar-refractivity contribution in [2.75, 3.05) is 31.0 Å². The monoisotopic (exact) mass is 463 g/mol. The van der Waals surface area contributed by atoms with Gasteiger partial charge in [0.2, 0.25) is 0 Å². The third-order valence-electron chi connectivity index (χ3n) is 5.61. The minimum absolute atomic E-state index is 0.0447. The summed E-state index contributed by atoms with van der Waals surface area (Å²) in [4.78, 5) is 12.2. The van der Waals surface area contributed by atoms with E-state index in [4.69, 9.17) is 9.02 Å². The molecule has 1 aliphatic heterocycles. The normalized spacial score (nSPS) is 17.6. The van der Waals surface area contributed by atoms with Gasteiger partial charge in [0, 0.05) is 37.3 Å². The third kappa shape index (κ3) is 6.82. The van der Waals surface area contributed by atoms with Gasteiger partial charge in [0.15, 0.2) is 0 Å². The topological polar surface area (TPSA) is 62.8 Å². The van der Waals surface area contributed by atoms with Gasteiger partial charge in [0.1, 0.15) is 12.2 Å². The fourth-order valence-electron chi connectivity index (χ4n) is 3.74. The Morgan fingerprint density at radius 3 is 2.36 bits per heavy atom. The maximum Gasteiger partial charge on any atom is 0.251 e. The van der Waals surface area contributed by atoms with Crippen molar-refractivity contribution < 1.29 is 13.8 Å². The van der Waals surface area contributed by atoms with E-state index in [0.717, 1.165) is 12.1 Å². The molecule has 2 atom stereocenters. The summed E-state index contributed by atoms with van der Waals surface area (Å²) in [5.74, 6) is 0.264. The number of nitrogens with one attached hydrogen (secondary N) is 2. The van der Waals surface area contributed by atoms with E-state index in [9.17, 15) is 4.79 Å². The second kappa shape index (κ2) is 11.9. The molecule has 0 bridgehead atoms. The van der Waals surface area contributed by atoms with E-state index < -0.39 is 0 Å². The lowest BCUT2D eigenvalue weighted by Crippen LogP contribution is -2.30. The van der Waals surface area contributed by atoms with Crippen LogP contribution in [0.4, 0.5) is 5.69 Å². The smallest absolute Gasteiger partial charge is 0.251 e. The molecule has 0 saturated carbocycles. The van der Waals surface area contributed by atoms with Gasteiger partial charge in [0.05, 0.1) is 12.7 Å². The molecule has 1 amide bonds. The van der Waals surface area contributed by atoms with Crippen LogP contribution in [0.15, 0.2) is 84.9 Å². The van der Waals surface area contributed by atoms with Crippen LogP contribution in [0.1, 0.15) is 16.8 Å². The van der Waals surface area contributed by atoms with Crippen LogP contribution in [-0.2, 0) is 9.02 Å². The zero-order chi connectivity index (χ0) is 22.9. The van der Waals surface area contributed by atoms with Gasteiger partial charge in [-0.05, 0) is 41.8 Å². The number of amides is 1. The SMILES string of the molecule is CN(SONCC1CC(CNC(=O)c2ccccc2)CO1)c1ccc(-c2ccccc2)cc1. The van der Waals surface area contributed by atoms with Gasteiger partial charge in [-0.1, -0.05) is 60.7 Å². The largest absolute Gasteiger partial charge is 0.376 e. The molecule has 172 valence electrons. The van der Waals surface area contributed by atoms with Crippen molar-refractivity contribution in [2.45, 2.75) is 12.5 Å². The highest BCUT2D eigenvalue weighted by molar-refractivity contribution is 7.96. The van der Waals surface area contributed by atoms with E-state index in [1.807, 2.05) is 59.9 Å². The second-order valence-corrected chi connectivity index (χ2v) is 8.91. The van der Waals surface area contributed by atoms with Crippen LogP contribution in [0.3, 0.4) is 0 Å². The minimum Gasteiger partial charge on any atom is -0.376 e. The lowest BCUT2D eigenvalue weighted by Gasteiger charge is -2.18. The molecule has 2 unspecified atom stereocenters. The Morgan fingerprint density at radius 1 is 0.970 bits per heavy atom. The molecule has 6 nitrogen and oxygen atoms in total. The Bertz CT molecular complexity index is 1000. The number of carbonyl (C=O) groups is 1. The molecule has 1 aliphatic rings. The van der Waals surface area contributed by atoms with E-state index in [-0.39, 0.29) is 12.0 Å². The van der Waals surface area contributed by atoms with Gasteiger partial charge in [-0.25, -0.2) is 4.28 Å². The average molecular weight is 464 g/mol. The van der Waals surface area contributed by atoms with Crippen molar-refractivity contribution in [1.82, 2.24) is 10.8 Å². The molecule has 2 N–H and O–H groups in total. The first-order valence-electron chi connectivity index (χ1n) is 11.1. The first-order chi connectivity index (χ1) is 16.2. The lowest BCUT2D eigenvalue weighted by atomic mass is 10.1. The van der Waals surface area contributed by atoms with Crippen LogP contribution in [-0.4, -0.2) is 38.8 Å². The quantitative estimate of drug-likeness (QED) is 0.197. The van der Waals surface area contributed by atoms with E-state index in [1.165, 1.54) is 23.4 Å². The number of hydrogen-bond donors (Lipinski definition) is 2. The van der Waals surface area contributed by atoms with Gasteiger partial charge in [-0.3, -0.25) is 9.10 Å². The van der Waals surface area contributed by atoms with Gasteiger partial charge in [-0.2, -0.15) is 5.48 Å². The average Bonchev–Trinajstić information content (AvgIpc) is 3.34. The number of hydroxylamine groups is 1. The highest BCUT2D eigenvalue weighted by Crippen LogP contribution is 2.25. The van der Waals surface area contributed by atoms with Crippen LogP contribution in [0.25, 0.3) is 11.1 Å². The maximum atomic E-state index is 12.2. The first kappa shape index (κ1) is 23.3. The predicted molar refractivity (Wildman–Crippen MR) is 134 cm³/mol. The summed E-state index contributed by atoms with van der Waals surface area (Å²) in [7, 11) is 1.96. The molecule has 0 aliphatic carbocycles. The molecule has 33 heavy (non-hydrogen) atoms. The molecular formula is C26H29N3O3S. The molecule has 4 rings (SSSR count). The van der Waals surface area contributed by atoms with Crippen molar-refractivity contribution in [3.8, 4) is 11.1 Å². The van der Waals surface area contributed by atoms with Crippen molar-refractivity contribution >= 4 is 23.8 Å². The molecule has 3 aromatic carbocycles. The first-order valence-corrected chi connectivity index (χ1v) is 11.8. The van der Waals surface area contributed by atoms with Crippen molar-refractivity contribution in [3.63, 3.8) is 0 Å². The standard InChI is InChI=1S/C26H29N3O3S/c1-29(24-14-12-22(13-15-24)21-8-4-2-5-9-21)33-32-28-18-25-16-20(19-31-25)17-27-26(30)23-10-6-3-7-11-23/h2-15,20,25,28H,16-19H2,1H3,(H,27,30). The van der Waals surface area contributed by atoms with E-state index in [1.54, 1.807) is 0 Å². The Labute approximate surface area is 199 Å². The number of carbonyl (C=O) groups excluding carboxylic acids is 1. The third-order valence-corrected chi connectivity index (χ3v) is 6.23. The number of anilines is 1. The Morgan fingerprint density at radius 2 is 1.64 bits per heavy atom. The highest BCUT2D eigenvalue weighted by atomic mass is 32.2. The Balaban J connectivity index is 1.12. The predicted octanol–water partition coefficient (Wildman–Crippen LogP) is 4.71. The molecule has 0 radical (unpaired) electrons. The summed E-state index contributed by atoms with van der Waals surface area (Å²) in [6, 6.07) is 28.0. The fraction of sp³-hybridized carbons (Fsp3) is 0.269. The molecule has 1 saturated heterocycles. The maximum absolute atomic E-state index is 12.2. The number of rotatable bonds is 10. The van der Waals surface area contributed by atoms with Crippen molar-refractivity contribution in [2.24, 2.45) is 5.92 Å². The minimum atomic E-state index is -0.0447. The van der Waals surface area contributed by atoms with Crippen molar-refractivity contribution in [1.29, 1.82) is 0 Å². The van der Waals surface area contributed by atoms with Crippen LogP contribution in [0.5, 0.6) is 0 Å². The van der Waals surface area contributed by atoms with E-state index >= 15 is 0 Å². The number of benzene rings is 3. The second-order valence-electron chi connectivity index (χ2n) is 8.05. The zero-order valence-electron chi connectivity index (χ0n) is 18.6. The summed E-state index contributed by atoms with van der Waals surface area (Å²) < 4.78 is 13.4. The van der Waals surface area contributed by atoms with Gasteiger partial charge in [-0.15, -0.1) is 0 Å². The van der Waals surface area contributed by atoms with Crippen LogP contribution < -0.4 is 15.1 Å². The summed E-state index contributed by atoms with van der Waals surface area (Å²) in [6.45, 7) is 1.85. The van der Waals surface area contributed by atoms with Crippen LogP contribution >= 0.6 is 12.2 Å². The summed E-state index contributed by atoms with van der Waals surface area (Å²) in [5, 5.41) is 2.99. The van der Waals surface area contributed by atoms with E-state index in [0.29, 0.717) is 31.2 Å². The number of hydrogen-bond acceptors (Lipinski definition) is 6. The van der Waals surface area contributed by atoms with Gasteiger partial charge < -0.3 is 10.1 Å².